The maximum absolute atomic E-state index is 11.2. The minimum atomic E-state index is -0.872. The van der Waals surface area contributed by atoms with Crippen molar-refractivity contribution in [2.24, 2.45) is 0 Å². The minimum absolute atomic E-state index is 0.448. The molecule has 0 aromatic heterocycles. The van der Waals surface area contributed by atoms with Gasteiger partial charge in [-0.05, 0) is 17.0 Å². The smallest absolute Gasteiger partial charge is 0.325 e. The summed E-state index contributed by atoms with van der Waals surface area (Å²) in [7, 11) is 1.59. The normalized spacial score (nSPS) is 12.7. The molecule has 1 atom stereocenters. The number of aliphatic carboxylic acids is 1. The van der Waals surface area contributed by atoms with Crippen molar-refractivity contribution in [2.45, 2.75) is 25.8 Å². The summed E-state index contributed by atoms with van der Waals surface area (Å²) in [4.78, 5) is 11.2. The van der Waals surface area contributed by atoms with Gasteiger partial charge in [0, 0.05) is 13.7 Å². The van der Waals surface area contributed by atoms with Crippen molar-refractivity contribution in [2.75, 3.05) is 20.3 Å². The third-order valence-electron chi connectivity index (χ3n) is 2.84. The molecule has 0 saturated heterocycles. The van der Waals surface area contributed by atoms with Crippen LogP contribution >= 0.6 is 0 Å². The molecule has 4 nitrogen and oxygen atoms in total. The van der Waals surface area contributed by atoms with Gasteiger partial charge in [0.1, 0.15) is 6.04 Å². The quantitative estimate of drug-likeness (QED) is 0.729. The summed E-state index contributed by atoms with van der Waals surface area (Å²) in [5, 5.41) is 12.2. The standard InChI is InChI=1S/C14H21NO3/c1-10(2)11-4-6-12(7-5-11)13(14(16)17)15-8-9-18-3/h4-7,10,13,15H,8-9H2,1-3H3,(H,16,17). The fourth-order valence-electron chi connectivity index (χ4n) is 1.73. The number of nitrogens with one attached hydrogen (secondary N) is 1. The van der Waals surface area contributed by atoms with E-state index in [-0.39, 0.29) is 0 Å². The van der Waals surface area contributed by atoms with Gasteiger partial charge in [0.15, 0.2) is 0 Å². The topological polar surface area (TPSA) is 58.6 Å². The molecule has 0 bridgehead atoms. The molecule has 1 aromatic carbocycles. The van der Waals surface area contributed by atoms with Crippen LogP contribution in [0.1, 0.15) is 36.9 Å². The second kappa shape index (κ2) is 7.13. The fourth-order valence-corrected chi connectivity index (χ4v) is 1.73. The molecule has 0 fully saturated rings. The molecule has 0 aliphatic rings. The van der Waals surface area contributed by atoms with E-state index in [0.29, 0.717) is 19.1 Å². The molecule has 0 aliphatic heterocycles. The first-order valence-corrected chi connectivity index (χ1v) is 6.11. The molecule has 1 aromatic rings. The van der Waals surface area contributed by atoms with Crippen molar-refractivity contribution in [1.82, 2.24) is 5.32 Å². The van der Waals surface area contributed by atoms with Crippen LogP contribution in [-0.2, 0) is 9.53 Å². The Kier molecular flexibility index (Phi) is 5.82. The molecule has 100 valence electrons. The second-order valence-electron chi connectivity index (χ2n) is 4.54. The number of benzene rings is 1. The lowest BCUT2D eigenvalue weighted by molar-refractivity contribution is -0.139. The van der Waals surface area contributed by atoms with Crippen LogP contribution in [0.25, 0.3) is 0 Å². The molecule has 0 saturated carbocycles. The van der Waals surface area contributed by atoms with Gasteiger partial charge in [-0.15, -0.1) is 0 Å². The van der Waals surface area contributed by atoms with Gasteiger partial charge in [0.05, 0.1) is 6.61 Å². The molecule has 0 aliphatic carbocycles. The summed E-state index contributed by atoms with van der Waals surface area (Å²) in [5.74, 6) is -0.424. The minimum Gasteiger partial charge on any atom is -0.480 e. The van der Waals surface area contributed by atoms with Gasteiger partial charge >= 0.3 is 5.97 Å². The van der Waals surface area contributed by atoms with Gasteiger partial charge in [-0.2, -0.15) is 0 Å². The highest BCUT2D eigenvalue weighted by atomic mass is 16.5. The average molecular weight is 251 g/mol. The molecule has 0 amide bonds. The first-order chi connectivity index (χ1) is 8.56. The maximum atomic E-state index is 11.2. The summed E-state index contributed by atoms with van der Waals surface area (Å²) >= 11 is 0. The van der Waals surface area contributed by atoms with E-state index in [0.717, 1.165) is 5.56 Å². The summed E-state index contributed by atoms with van der Waals surface area (Å²) in [6.07, 6.45) is 0. The molecule has 2 N–H and O–H groups in total. The van der Waals surface area contributed by atoms with E-state index >= 15 is 0 Å². The summed E-state index contributed by atoms with van der Waals surface area (Å²) in [5.41, 5.74) is 1.97. The van der Waals surface area contributed by atoms with Crippen molar-refractivity contribution < 1.29 is 14.6 Å². The van der Waals surface area contributed by atoms with E-state index in [1.54, 1.807) is 7.11 Å². The van der Waals surface area contributed by atoms with Gasteiger partial charge in [-0.25, -0.2) is 0 Å². The Hall–Kier alpha value is -1.39. The Labute approximate surface area is 108 Å². The van der Waals surface area contributed by atoms with E-state index in [1.807, 2.05) is 24.3 Å². The van der Waals surface area contributed by atoms with Crippen LogP contribution in [0.2, 0.25) is 0 Å². The zero-order chi connectivity index (χ0) is 13.5. The molecule has 4 heteroatoms. The van der Waals surface area contributed by atoms with Crippen molar-refractivity contribution in [3.63, 3.8) is 0 Å². The van der Waals surface area contributed by atoms with Crippen LogP contribution in [0.15, 0.2) is 24.3 Å². The van der Waals surface area contributed by atoms with E-state index in [9.17, 15) is 9.90 Å². The lowest BCUT2D eigenvalue weighted by Crippen LogP contribution is -2.31. The third kappa shape index (κ3) is 4.13. The summed E-state index contributed by atoms with van der Waals surface area (Å²) in [6, 6.07) is 7.02. The van der Waals surface area contributed by atoms with Gasteiger partial charge in [-0.1, -0.05) is 38.1 Å². The SMILES string of the molecule is COCCNC(C(=O)O)c1ccc(C(C)C)cc1. The van der Waals surface area contributed by atoms with Crippen molar-refractivity contribution in [1.29, 1.82) is 0 Å². The number of carbonyl (C=O) groups is 1. The van der Waals surface area contributed by atoms with Crippen molar-refractivity contribution in [3.05, 3.63) is 35.4 Å². The van der Waals surface area contributed by atoms with Crippen molar-refractivity contribution >= 4 is 5.97 Å². The van der Waals surface area contributed by atoms with Crippen LogP contribution < -0.4 is 5.32 Å². The third-order valence-corrected chi connectivity index (χ3v) is 2.84. The van der Waals surface area contributed by atoms with E-state index in [2.05, 4.69) is 19.2 Å². The van der Waals surface area contributed by atoms with Gasteiger partial charge in [0.2, 0.25) is 0 Å². The first-order valence-electron chi connectivity index (χ1n) is 6.11. The lowest BCUT2D eigenvalue weighted by Gasteiger charge is -2.15. The second-order valence-corrected chi connectivity index (χ2v) is 4.54. The number of hydrogen-bond donors (Lipinski definition) is 2. The van der Waals surface area contributed by atoms with Gasteiger partial charge in [-0.3, -0.25) is 10.1 Å². The maximum Gasteiger partial charge on any atom is 0.325 e. The Morgan fingerprint density at radius 1 is 1.28 bits per heavy atom. The molecule has 1 unspecified atom stereocenters. The first kappa shape index (κ1) is 14.7. The highest BCUT2D eigenvalue weighted by molar-refractivity contribution is 5.75. The van der Waals surface area contributed by atoms with E-state index in [4.69, 9.17) is 4.74 Å². The summed E-state index contributed by atoms with van der Waals surface area (Å²) < 4.78 is 4.90. The molecule has 0 heterocycles. The Morgan fingerprint density at radius 2 is 1.83 bits per heavy atom. The largest absolute Gasteiger partial charge is 0.480 e. The Bertz CT molecular complexity index is 373. The predicted octanol–water partition coefficient (Wildman–Crippen LogP) is 2.17. The fraction of sp³-hybridized carbons (Fsp3) is 0.500. The van der Waals surface area contributed by atoms with Gasteiger partial charge < -0.3 is 9.84 Å². The Balaban J connectivity index is 2.76. The summed E-state index contributed by atoms with van der Waals surface area (Å²) in [6.45, 7) is 5.23. The number of methoxy groups -OCH3 is 1. The van der Waals surface area contributed by atoms with Crippen LogP contribution in [0.4, 0.5) is 0 Å². The average Bonchev–Trinajstić information content (AvgIpc) is 2.34. The highest BCUT2D eigenvalue weighted by Crippen LogP contribution is 2.18. The molecule has 1 rings (SSSR count). The number of rotatable bonds is 7. The van der Waals surface area contributed by atoms with Gasteiger partial charge in [0.25, 0.3) is 0 Å². The highest BCUT2D eigenvalue weighted by Gasteiger charge is 2.18. The molecule has 0 spiro atoms. The van der Waals surface area contributed by atoms with E-state index < -0.39 is 12.0 Å². The predicted molar refractivity (Wildman–Crippen MR) is 70.8 cm³/mol. The lowest BCUT2D eigenvalue weighted by atomic mass is 9.99. The van der Waals surface area contributed by atoms with Crippen molar-refractivity contribution in [3.8, 4) is 0 Å². The van der Waals surface area contributed by atoms with Crippen LogP contribution in [0, 0.1) is 0 Å². The van der Waals surface area contributed by atoms with E-state index in [1.165, 1.54) is 5.56 Å². The number of carboxylic acids is 1. The number of hydrogen-bond acceptors (Lipinski definition) is 3. The molecule has 0 radical (unpaired) electrons. The zero-order valence-corrected chi connectivity index (χ0v) is 11.1. The van der Waals surface area contributed by atoms with Crippen LogP contribution in [0.3, 0.4) is 0 Å². The molecular weight excluding hydrogens is 230 g/mol. The number of carboxylic acid groups (broad SMARTS) is 1. The molecular formula is C14H21NO3. The molecule has 18 heavy (non-hydrogen) atoms. The van der Waals surface area contributed by atoms with Crippen LogP contribution in [0.5, 0.6) is 0 Å². The monoisotopic (exact) mass is 251 g/mol. The Morgan fingerprint density at radius 3 is 2.28 bits per heavy atom. The number of ether oxygens (including phenoxy) is 1. The van der Waals surface area contributed by atoms with Crippen LogP contribution in [-0.4, -0.2) is 31.3 Å². The zero-order valence-electron chi connectivity index (χ0n) is 11.1.